The molecule has 1 heterocycles. The Morgan fingerprint density at radius 2 is 1.75 bits per heavy atom. The zero-order valence-corrected chi connectivity index (χ0v) is 17.4. The molecule has 0 atom stereocenters. The van der Waals surface area contributed by atoms with E-state index in [0.717, 1.165) is 16.8 Å². The van der Waals surface area contributed by atoms with Gasteiger partial charge in [-0.1, -0.05) is 70.9 Å². The van der Waals surface area contributed by atoms with Gasteiger partial charge in [0.2, 0.25) is 0 Å². The largest absolute Gasteiger partial charge is 0.268 e. The van der Waals surface area contributed by atoms with Crippen molar-refractivity contribution in [2.24, 2.45) is 0 Å². The minimum absolute atomic E-state index is 0.0841. The highest BCUT2D eigenvalue weighted by atomic mass is 35.5. The van der Waals surface area contributed by atoms with Crippen LogP contribution in [0.1, 0.15) is 11.1 Å². The monoisotopic (exact) mass is 426 g/mol. The number of rotatable bonds is 4. The Bertz CT molecular complexity index is 1220. The van der Waals surface area contributed by atoms with E-state index in [2.05, 4.69) is 0 Å². The van der Waals surface area contributed by atoms with Crippen LogP contribution in [0.15, 0.2) is 76.7 Å². The fourth-order valence-corrected chi connectivity index (χ4v) is 4.48. The highest BCUT2D eigenvalue weighted by Crippen LogP contribution is 2.29. The van der Waals surface area contributed by atoms with Crippen LogP contribution in [-0.2, 0) is 5.75 Å². The summed E-state index contributed by atoms with van der Waals surface area (Å²) in [6.07, 6.45) is 0. The van der Waals surface area contributed by atoms with Crippen LogP contribution < -0.4 is 5.56 Å². The summed E-state index contributed by atoms with van der Waals surface area (Å²) in [7, 11) is 0. The zero-order valence-electron chi connectivity index (χ0n) is 15.0. The lowest BCUT2D eigenvalue weighted by atomic mass is 10.2. The molecular weight excluding hydrogens is 411 g/mol. The van der Waals surface area contributed by atoms with Gasteiger partial charge in [-0.25, -0.2) is 4.98 Å². The summed E-state index contributed by atoms with van der Waals surface area (Å²) in [5.74, 6) is 0.576. The van der Waals surface area contributed by atoms with Gasteiger partial charge in [-0.3, -0.25) is 9.36 Å². The van der Waals surface area contributed by atoms with Gasteiger partial charge in [0.15, 0.2) is 5.16 Å². The summed E-state index contributed by atoms with van der Waals surface area (Å²) in [6.45, 7) is 2.02. The molecule has 0 aliphatic heterocycles. The molecule has 140 valence electrons. The van der Waals surface area contributed by atoms with Crippen LogP contribution in [0.4, 0.5) is 0 Å². The van der Waals surface area contributed by atoms with Crippen molar-refractivity contribution in [3.05, 3.63) is 98.3 Å². The van der Waals surface area contributed by atoms with E-state index >= 15 is 0 Å². The summed E-state index contributed by atoms with van der Waals surface area (Å²) in [5, 5.41) is 2.42. The van der Waals surface area contributed by atoms with E-state index in [1.807, 2.05) is 61.5 Å². The molecule has 0 saturated carbocycles. The number of halogens is 2. The number of thioether (sulfide) groups is 1. The van der Waals surface area contributed by atoms with Crippen molar-refractivity contribution in [1.82, 2.24) is 9.55 Å². The maximum atomic E-state index is 13.2. The summed E-state index contributed by atoms with van der Waals surface area (Å²) in [4.78, 5) is 18.0. The second-order valence-corrected chi connectivity index (χ2v) is 8.20. The fourth-order valence-electron chi connectivity index (χ4n) is 2.91. The summed E-state index contributed by atoms with van der Waals surface area (Å²) in [5.41, 5.74) is 3.46. The quantitative estimate of drug-likeness (QED) is 0.284. The topological polar surface area (TPSA) is 34.9 Å². The number of aryl methyl sites for hydroxylation is 1. The summed E-state index contributed by atoms with van der Waals surface area (Å²) in [6, 6.07) is 20.7. The van der Waals surface area contributed by atoms with Crippen molar-refractivity contribution in [1.29, 1.82) is 0 Å². The fraction of sp³-hybridized carbons (Fsp3) is 0.0909. The molecule has 0 saturated heterocycles. The Labute approximate surface area is 176 Å². The van der Waals surface area contributed by atoms with E-state index in [0.29, 0.717) is 31.9 Å². The normalized spacial score (nSPS) is 11.1. The molecular formula is C22H16Cl2N2OS. The maximum absolute atomic E-state index is 13.2. The third-order valence-electron chi connectivity index (χ3n) is 4.41. The maximum Gasteiger partial charge on any atom is 0.266 e. The first-order valence-electron chi connectivity index (χ1n) is 8.68. The van der Waals surface area contributed by atoms with Crippen LogP contribution in [0.2, 0.25) is 10.0 Å². The molecule has 0 fully saturated rings. The molecule has 1 aromatic heterocycles. The molecule has 0 N–H and O–H groups in total. The lowest BCUT2D eigenvalue weighted by Gasteiger charge is -2.14. The molecule has 0 radical (unpaired) electrons. The molecule has 0 aliphatic carbocycles. The van der Waals surface area contributed by atoms with Gasteiger partial charge in [0, 0.05) is 15.8 Å². The lowest BCUT2D eigenvalue weighted by Crippen LogP contribution is -2.21. The minimum atomic E-state index is -0.0841. The van der Waals surface area contributed by atoms with Crippen molar-refractivity contribution >= 4 is 45.9 Å². The Kier molecular flexibility index (Phi) is 5.44. The van der Waals surface area contributed by atoms with Gasteiger partial charge in [-0.05, 0) is 48.9 Å². The van der Waals surface area contributed by atoms with Crippen LogP contribution in [0.3, 0.4) is 0 Å². The van der Waals surface area contributed by atoms with E-state index in [4.69, 9.17) is 28.2 Å². The molecule has 3 aromatic carbocycles. The molecule has 0 unspecified atom stereocenters. The second-order valence-electron chi connectivity index (χ2n) is 6.41. The van der Waals surface area contributed by atoms with E-state index < -0.39 is 0 Å². The molecule has 4 rings (SSSR count). The number of nitrogens with zero attached hydrogens (tertiary/aromatic N) is 2. The van der Waals surface area contributed by atoms with Gasteiger partial charge in [0.1, 0.15) is 0 Å². The van der Waals surface area contributed by atoms with Gasteiger partial charge in [0.25, 0.3) is 5.56 Å². The van der Waals surface area contributed by atoms with Crippen LogP contribution in [0.5, 0.6) is 0 Å². The molecule has 0 spiro atoms. The lowest BCUT2D eigenvalue weighted by molar-refractivity contribution is 0.819. The highest BCUT2D eigenvalue weighted by molar-refractivity contribution is 7.98. The Morgan fingerprint density at radius 3 is 2.50 bits per heavy atom. The van der Waals surface area contributed by atoms with Gasteiger partial charge >= 0.3 is 0 Å². The van der Waals surface area contributed by atoms with E-state index in [-0.39, 0.29) is 5.56 Å². The summed E-state index contributed by atoms with van der Waals surface area (Å²) < 4.78 is 1.66. The molecule has 4 aromatic rings. The van der Waals surface area contributed by atoms with Crippen molar-refractivity contribution in [2.45, 2.75) is 17.8 Å². The molecule has 0 amide bonds. The standard InChI is InChI=1S/C22H16Cl2N2OS/c1-14-6-10-17(11-7-14)26-21(27)18-4-2-3-5-20(18)25-22(26)28-13-15-8-9-16(23)12-19(15)24/h2-12H,13H2,1H3. The van der Waals surface area contributed by atoms with Crippen LogP contribution in [0.25, 0.3) is 16.6 Å². The first-order valence-corrected chi connectivity index (χ1v) is 10.4. The first kappa shape index (κ1) is 19.1. The predicted molar refractivity (Wildman–Crippen MR) is 118 cm³/mol. The number of aromatic nitrogens is 2. The van der Waals surface area contributed by atoms with Crippen LogP contribution >= 0.6 is 35.0 Å². The predicted octanol–water partition coefficient (Wildman–Crippen LogP) is 6.29. The van der Waals surface area contributed by atoms with Crippen LogP contribution in [-0.4, -0.2) is 9.55 Å². The summed E-state index contributed by atoms with van der Waals surface area (Å²) >= 11 is 13.8. The van der Waals surface area contributed by atoms with Gasteiger partial charge in [0.05, 0.1) is 16.6 Å². The highest BCUT2D eigenvalue weighted by Gasteiger charge is 2.14. The van der Waals surface area contributed by atoms with Gasteiger partial charge < -0.3 is 0 Å². The van der Waals surface area contributed by atoms with Crippen molar-refractivity contribution in [3.63, 3.8) is 0 Å². The molecule has 3 nitrogen and oxygen atoms in total. The van der Waals surface area contributed by atoms with Crippen molar-refractivity contribution < 1.29 is 0 Å². The molecule has 6 heteroatoms. The Hall–Kier alpha value is -2.27. The number of hydrogen-bond donors (Lipinski definition) is 0. The minimum Gasteiger partial charge on any atom is -0.268 e. The molecule has 0 bridgehead atoms. The van der Waals surface area contributed by atoms with Crippen LogP contribution in [0, 0.1) is 6.92 Å². The van der Waals surface area contributed by atoms with Gasteiger partial charge in [-0.15, -0.1) is 0 Å². The Balaban J connectivity index is 1.82. The van der Waals surface area contributed by atoms with E-state index in [1.165, 1.54) is 11.8 Å². The third-order valence-corrected chi connectivity index (χ3v) is 5.98. The number of fused-ring (bicyclic) bond motifs is 1. The number of benzene rings is 3. The smallest absolute Gasteiger partial charge is 0.266 e. The van der Waals surface area contributed by atoms with E-state index in [1.54, 1.807) is 16.7 Å². The molecule has 0 aliphatic rings. The van der Waals surface area contributed by atoms with E-state index in [9.17, 15) is 4.79 Å². The average Bonchev–Trinajstić information content (AvgIpc) is 2.68. The number of para-hydroxylation sites is 1. The second kappa shape index (κ2) is 8.00. The number of hydrogen-bond acceptors (Lipinski definition) is 3. The first-order chi connectivity index (χ1) is 13.5. The zero-order chi connectivity index (χ0) is 19.7. The average molecular weight is 427 g/mol. The van der Waals surface area contributed by atoms with Crippen molar-refractivity contribution in [3.8, 4) is 5.69 Å². The van der Waals surface area contributed by atoms with Gasteiger partial charge in [-0.2, -0.15) is 0 Å². The Morgan fingerprint density at radius 1 is 1.00 bits per heavy atom. The van der Waals surface area contributed by atoms with Crippen molar-refractivity contribution in [2.75, 3.05) is 0 Å². The third kappa shape index (κ3) is 3.81. The molecule has 28 heavy (non-hydrogen) atoms. The SMILES string of the molecule is Cc1ccc(-n2c(SCc3ccc(Cl)cc3Cl)nc3ccccc3c2=O)cc1.